The maximum atomic E-state index is 11.7. The number of alkyl halides is 3. The minimum Gasteiger partial charge on any atom is -0.491 e. The van der Waals surface area contributed by atoms with Crippen LogP contribution in [0.3, 0.4) is 0 Å². The van der Waals surface area contributed by atoms with Gasteiger partial charge < -0.3 is 10.5 Å². The molecule has 0 heterocycles. The molecule has 0 fully saturated rings. The summed E-state index contributed by atoms with van der Waals surface area (Å²) in [6, 6.07) is 6.92. The zero-order valence-corrected chi connectivity index (χ0v) is 10.0. The van der Waals surface area contributed by atoms with Crippen LogP contribution in [0.4, 0.5) is 13.2 Å². The molecule has 1 aromatic carbocycles. The van der Waals surface area contributed by atoms with Crippen LogP contribution in [0.5, 0.6) is 5.75 Å². The Labute approximate surface area is 104 Å². The van der Waals surface area contributed by atoms with Gasteiger partial charge in [-0.15, -0.1) is 13.2 Å². The Balaban J connectivity index is 2.35. The van der Waals surface area contributed by atoms with Crippen molar-refractivity contribution in [2.75, 3.05) is 13.2 Å². The zero-order valence-electron chi connectivity index (χ0n) is 10.0. The van der Waals surface area contributed by atoms with Gasteiger partial charge >= 0.3 is 6.36 Å². The predicted molar refractivity (Wildman–Crippen MR) is 61.2 cm³/mol. The van der Waals surface area contributed by atoms with Crippen LogP contribution in [-0.2, 0) is 4.74 Å². The largest absolute Gasteiger partial charge is 0.522 e. The first-order valence-corrected chi connectivity index (χ1v) is 5.61. The summed E-state index contributed by atoms with van der Waals surface area (Å²) in [5.41, 5.74) is 6.80. The Morgan fingerprint density at radius 2 is 1.78 bits per heavy atom. The third-order valence-electron chi connectivity index (χ3n) is 2.37. The van der Waals surface area contributed by atoms with E-state index in [9.17, 15) is 13.2 Å². The summed E-state index contributed by atoms with van der Waals surface area (Å²) in [6.07, 6.45) is -3.79. The van der Waals surface area contributed by atoms with E-state index in [2.05, 4.69) is 4.74 Å². The highest BCUT2D eigenvalue weighted by molar-refractivity contribution is 5.28. The lowest BCUT2D eigenvalue weighted by atomic mass is 10.1. The molecule has 1 aromatic rings. The molecule has 0 unspecified atom stereocenters. The number of hydrogen-bond donors (Lipinski definition) is 1. The van der Waals surface area contributed by atoms with Crippen molar-refractivity contribution >= 4 is 0 Å². The zero-order chi connectivity index (χ0) is 13.6. The molecule has 0 spiro atoms. The fourth-order valence-electron chi connectivity index (χ4n) is 1.36. The van der Waals surface area contributed by atoms with Crippen molar-refractivity contribution in [1.82, 2.24) is 0 Å². The van der Waals surface area contributed by atoms with Gasteiger partial charge in [0.2, 0.25) is 0 Å². The van der Waals surface area contributed by atoms with Crippen molar-refractivity contribution in [2.24, 2.45) is 5.73 Å². The van der Waals surface area contributed by atoms with E-state index in [0.717, 1.165) is 12.0 Å². The van der Waals surface area contributed by atoms with Crippen LogP contribution in [0.2, 0.25) is 0 Å². The van der Waals surface area contributed by atoms with Gasteiger partial charge in [-0.2, -0.15) is 0 Å². The van der Waals surface area contributed by atoms with E-state index in [1.165, 1.54) is 0 Å². The molecule has 102 valence electrons. The molecule has 18 heavy (non-hydrogen) atoms. The molecule has 3 nitrogen and oxygen atoms in total. The normalized spacial score (nSPS) is 13.4. The first-order valence-electron chi connectivity index (χ1n) is 5.61. The summed E-state index contributed by atoms with van der Waals surface area (Å²) < 4.78 is 43.7. The highest BCUT2D eigenvalue weighted by Crippen LogP contribution is 2.19. The first kappa shape index (κ1) is 14.8. The van der Waals surface area contributed by atoms with Crippen molar-refractivity contribution in [3.8, 4) is 5.75 Å². The molecule has 6 heteroatoms. The third-order valence-corrected chi connectivity index (χ3v) is 2.37. The van der Waals surface area contributed by atoms with E-state index in [1.807, 2.05) is 6.92 Å². The average Bonchev–Trinajstić information content (AvgIpc) is 2.33. The summed E-state index contributed by atoms with van der Waals surface area (Å²) in [7, 11) is 0. The van der Waals surface area contributed by atoms with Gasteiger partial charge in [0.05, 0.1) is 6.61 Å². The molecule has 2 N–H and O–H groups in total. The van der Waals surface area contributed by atoms with Crippen molar-refractivity contribution in [2.45, 2.75) is 25.7 Å². The molecule has 0 saturated heterocycles. The summed E-state index contributed by atoms with van der Waals surface area (Å²) in [5, 5.41) is 0. The minimum atomic E-state index is -4.61. The van der Waals surface area contributed by atoms with Crippen LogP contribution in [0.15, 0.2) is 24.3 Å². The molecule has 0 aliphatic rings. The summed E-state index contributed by atoms with van der Waals surface area (Å²) >= 11 is 0. The van der Waals surface area contributed by atoms with Crippen molar-refractivity contribution in [3.05, 3.63) is 29.8 Å². The minimum absolute atomic E-state index is 0.0346. The lowest BCUT2D eigenvalue weighted by Crippen LogP contribution is -2.18. The maximum absolute atomic E-state index is 11.7. The molecule has 0 saturated carbocycles. The van der Waals surface area contributed by atoms with Crippen LogP contribution in [0.1, 0.15) is 24.9 Å². The van der Waals surface area contributed by atoms with Crippen molar-refractivity contribution in [3.63, 3.8) is 0 Å². The summed E-state index contributed by atoms with van der Waals surface area (Å²) in [4.78, 5) is 0. The lowest BCUT2D eigenvalue weighted by molar-refractivity contribution is -0.325. The molecular weight excluding hydrogens is 247 g/mol. The maximum Gasteiger partial charge on any atom is 0.522 e. The Morgan fingerprint density at radius 3 is 2.28 bits per heavy atom. The van der Waals surface area contributed by atoms with Crippen LogP contribution >= 0.6 is 0 Å². The average molecular weight is 263 g/mol. The van der Waals surface area contributed by atoms with Gasteiger partial charge in [0, 0.05) is 6.04 Å². The standard InChI is InChI=1S/C12H16F3NO2/c1-2-11(16)9-3-5-10(6-4-9)17-7-8-18-12(13,14)15/h3-6,11H,2,7-8,16H2,1H3/t11-/m0/s1. The number of ether oxygens (including phenoxy) is 2. The lowest BCUT2D eigenvalue weighted by Gasteiger charge is -2.11. The van der Waals surface area contributed by atoms with Gasteiger partial charge in [-0.25, -0.2) is 0 Å². The van der Waals surface area contributed by atoms with E-state index >= 15 is 0 Å². The SMILES string of the molecule is CC[C@H](N)c1ccc(OCCOC(F)(F)F)cc1. The number of halogens is 3. The van der Waals surface area contributed by atoms with Crippen molar-refractivity contribution in [1.29, 1.82) is 0 Å². The van der Waals surface area contributed by atoms with Crippen LogP contribution in [0, 0.1) is 0 Å². The highest BCUT2D eigenvalue weighted by atomic mass is 19.4. The topological polar surface area (TPSA) is 44.5 Å². The van der Waals surface area contributed by atoms with E-state index in [0.29, 0.717) is 5.75 Å². The van der Waals surface area contributed by atoms with Crippen LogP contribution in [0.25, 0.3) is 0 Å². The van der Waals surface area contributed by atoms with Crippen LogP contribution < -0.4 is 10.5 Å². The van der Waals surface area contributed by atoms with E-state index in [-0.39, 0.29) is 12.6 Å². The summed E-state index contributed by atoms with van der Waals surface area (Å²) in [6.45, 7) is 1.29. The Morgan fingerprint density at radius 1 is 1.17 bits per heavy atom. The number of nitrogens with two attached hydrogens (primary N) is 1. The Bertz CT molecular complexity index is 351. The molecule has 0 aliphatic heterocycles. The first-order chi connectivity index (χ1) is 8.42. The number of rotatable bonds is 6. The van der Waals surface area contributed by atoms with Crippen molar-refractivity contribution < 1.29 is 22.6 Å². The van der Waals surface area contributed by atoms with E-state index < -0.39 is 13.0 Å². The van der Waals surface area contributed by atoms with Gasteiger partial charge in [0.25, 0.3) is 0 Å². The third kappa shape index (κ3) is 5.37. The molecule has 0 aromatic heterocycles. The van der Waals surface area contributed by atoms with Gasteiger partial charge in [-0.1, -0.05) is 19.1 Å². The Hall–Kier alpha value is -1.27. The molecule has 0 aliphatic carbocycles. The number of hydrogen-bond acceptors (Lipinski definition) is 3. The van der Waals surface area contributed by atoms with Gasteiger partial charge in [-0.05, 0) is 24.1 Å². The second kappa shape index (κ2) is 6.61. The quantitative estimate of drug-likeness (QED) is 0.802. The molecule has 1 atom stereocenters. The van der Waals surface area contributed by atoms with Gasteiger partial charge in [0.15, 0.2) is 0 Å². The molecule has 0 radical (unpaired) electrons. The van der Waals surface area contributed by atoms with E-state index in [1.54, 1.807) is 24.3 Å². The number of benzene rings is 1. The second-order valence-corrected chi connectivity index (χ2v) is 3.73. The molecule has 1 rings (SSSR count). The fourth-order valence-corrected chi connectivity index (χ4v) is 1.36. The molecule has 0 bridgehead atoms. The van der Waals surface area contributed by atoms with Gasteiger partial charge in [-0.3, -0.25) is 4.74 Å². The predicted octanol–water partition coefficient (Wildman–Crippen LogP) is 3.01. The second-order valence-electron chi connectivity index (χ2n) is 3.73. The Kier molecular flexibility index (Phi) is 5.43. The van der Waals surface area contributed by atoms with Crippen LogP contribution in [-0.4, -0.2) is 19.6 Å². The summed E-state index contributed by atoms with van der Waals surface area (Å²) in [5.74, 6) is 0.493. The molecule has 0 amide bonds. The highest BCUT2D eigenvalue weighted by Gasteiger charge is 2.28. The monoisotopic (exact) mass is 263 g/mol. The van der Waals surface area contributed by atoms with Gasteiger partial charge in [0.1, 0.15) is 12.4 Å². The van der Waals surface area contributed by atoms with E-state index in [4.69, 9.17) is 10.5 Å². The molecular formula is C12H16F3NO2. The smallest absolute Gasteiger partial charge is 0.491 e. The fraction of sp³-hybridized carbons (Fsp3) is 0.500.